The van der Waals surface area contributed by atoms with Crippen LogP contribution < -0.4 is 5.32 Å². The second-order valence-electron chi connectivity index (χ2n) is 7.43. The van der Waals surface area contributed by atoms with E-state index in [4.69, 9.17) is 4.52 Å². The summed E-state index contributed by atoms with van der Waals surface area (Å²) in [5.74, 6) is 2.14. The third kappa shape index (κ3) is 3.09. The summed E-state index contributed by atoms with van der Waals surface area (Å²) in [6, 6.07) is 9.03. The predicted octanol–water partition coefficient (Wildman–Crippen LogP) is 2.88. The average Bonchev–Trinajstić information content (AvgIpc) is 3.25. The Bertz CT molecular complexity index is 757. The highest BCUT2D eigenvalue weighted by atomic mass is 16.5. The molecule has 2 unspecified atom stereocenters. The lowest BCUT2D eigenvalue weighted by molar-refractivity contribution is -0.130. The Morgan fingerprint density at radius 3 is 2.52 bits per heavy atom. The molecular formula is C20H25N3O2. The van der Waals surface area contributed by atoms with E-state index in [9.17, 15) is 4.79 Å². The minimum Gasteiger partial charge on any atom is -0.361 e. The van der Waals surface area contributed by atoms with E-state index in [0.29, 0.717) is 17.9 Å². The van der Waals surface area contributed by atoms with Gasteiger partial charge in [-0.2, -0.15) is 0 Å². The van der Waals surface area contributed by atoms with Crippen molar-refractivity contribution in [2.45, 2.75) is 39.2 Å². The predicted molar refractivity (Wildman–Crippen MR) is 96.3 cm³/mol. The van der Waals surface area contributed by atoms with Crippen LogP contribution in [0.25, 0.3) is 11.1 Å². The molecule has 25 heavy (non-hydrogen) atoms. The van der Waals surface area contributed by atoms with Crippen LogP contribution in [0, 0.1) is 19.8 Å². The van der Waals surface area contributed by atoms with Crippen molar-refractivity contribution in [3.8, 4) is 11.1 Å². The van der Waals surface area contributed by atoms with Crippen LogP contribution in [-0.2, 0) is 4.79 Å². The number of benzene rings is 1. The molecule has 1 amide bonds. The number of rotatable bonds is 5. The molecule has 1 aromatic heterocycles. The second-order valence-corrected chi connectivity index (χ2v) is 7.43. The normalized spacial score (nSPS) is 22.5. The Morgan fingerprint density at radius 1 is 1.28 bits per heavy atom. The van der Waals surface area contributed by atoms with Gasteiger partial charge >= 0.3 is 0 Å². The van der Waals surface area contributed by atoms with Gasteiger partial charge in [-0.3, -0.25) is 4.79 Å². The molecule has 2 aromatic rings. The van der Waals surface area contributed by atoms with Crippen LogP contribution in [0.2, 0.25) is 0 Å². The Morgan fingerprint density at radius 2 is 2.00 bits per heavy atom. The third-order valence-electron chi connectivity index (χ3n) is 5.54. The average molecular weight is 339 g/mol. The van der Waals surface area contributed by atoms with Crippen molar-refractivity contribution in [3.05, 3.63) is 41.3 Å². The number of nitrogens with one attached hydrogen (secondary N) is 1. The van der Waals surface area contributed by atoms with Gasteiger partial charge in [-0.15, -0.1) is 0 Å². The molecule has 1 aliphatic carbocycles. The van der Waals surface area contributed by atoms with Crippen LogP contribution in [0.4, 0.5) is 0 Å². The summed E-state index contributed by atoms with van der Waals surface area (Å²) in [7, 11) is 0. The molecular weight excluding hydrogens is 314 g/mol. The van der Waals surface area contributed by atoms with Crippen LogP contribution in [0.15, 0.2) is 28.8 Å². The van der Waals surface area contributed by atoms with Gasteiger partial charge in [-0.25, -0.2) is 0 Å². The van der Waals surface area contributed by atoms with Crippen molar-refractivity contribution < 1.29 is 9.32 Å². The largest absolute Gasteiger partial charge is 0.361 e. The maximum atomic E-state index is 12.1. The zero-order valence-corrected chi connectivity index (χ0v) is 15.1. The monoisotopic (exact) mass is 339 g/mol. The van der Waals surface area contributed by atoms with Crippen LogP contribution in [0.5, 0.6) is 0 Å². The highest BCUT2D eigenvalue weighted by molar-refractivity contribution is 5.74. The first-order chi connectivity index (χ1) is 12.0. The number of hydrogen-bond donors (Lipinski definition) is 1. The summed E-state index contributed by atoms with van der Waals surface area (Å²) in [4.78, 5) is 14.1. The third-order valence-corrected chi connectivity index (χ3v) is 5.54. The highest BCUT2D eigenvalue weighted by Gasteiger charge is 2.44. The summed E-state index contributed by atoms with van der Waals surface area (Å²) < 4.78 is 5.27. The standard InChI is InChI=1S/C20H25N3O2/c1-12-20(13(2)25-22-12)17-6-4-16(5-7-17)18-8-19(18)23(14(3)24)11-15-9-21-10-15/h4-7,15,18-19,21H,8-11H2,1-3H3. The number of hydrogen-bond acceptors (Lipinski definition) is 4. The van der Waals surface area contributed by atoms with Gasteiger partial charge in [0.15, 0.2) is 0 Å². The first kappa shape index (κ1) is 16.3. The van der Waals surface area contributed by atoms with Gasteiger partial charge in [0.1, 0.15) is 5.76 Å². The van der Waals surface area contributed by atoms with E-state index < -0.39 is 0 Å². The quantitative estimate of drug-likeness (QED) is 0.910. The van der Waals surface area contributed by atoms with Gasteiger partial charge in [0.2, 0.25) is 5.91 Å². The number of amides is 1. The van der Waals surface area contributed by atoms with Gasteiger partial charge in [-0.1, -0.05) is 29.4 Å². The van der Waals surface area contributed by atoms with Crippen LogP contribution in [0.1, 0.15) is 36.3 Å². The zero-order chi connectivity index (χ0) is 17.6. The topological polar surface area (TPSA) is 58.4 Å². The summed E-state index contributed by atoms with van der Waals surface area (Å²) in [6.45, 7) is 8.57. The fourth-order valence-electron chi connectivity index (χ4n) is 3.93. The fraction of sp³-hybridized carbons (Fsp3) is 0.500. The van der Waals surface area contributed by atoms with Gasteiger partial charge < -0.3 is 14.7 Å². The Kier molecular flexibility index (Phi) is 4.12. The van der Waals surface area contributed by atoms with E-state index in [1.807, 2.05) is 13.8 Å². The lowest BCUT2D eigenvalue weighted by atomic mass is 10.0. The maximum absolute atomic E-state index is 12.1. The molecule has 0 radical (unpaired) electrons. The van der Waals surface area contributed by atoms with Crippen molar-refractivity contribution in [2.24, 2.45) is 5.92 Å². The molecule has 132 valence electrons. The van der Waals surface area contributed by atoms with Gasteiger partial charge in [-0.05, 0) is 31.4 Å². The minimum absolute atomic E-state index is 0.201. The molecule has 2 fully saturated rings. The zero-order valence-electron chi connectivity index (χ0n) is 15.1. The van der Waals surface area contributed by atoms with E-state index in [2.05, 4.69) is 39.6 Å². The fourth-order valence-corrected chi connectivity index (χ4v) is 3.93. The van der Waals surface area contributed by atoms with Crippen molar-refractivity contribution in [1.82, 2.24) is 15.4 Å². The van der Waals surface area contributed by atoms with Crippen molar-refractivity contribution >= 4 is 5.91 Å². The molecule has 4 rings (SSSR count). The molecule has 1 aromatic carbocycles. The Balaban J connectivity index is 1.47. The molecule has 1 aliphatic heterocycles. The molecule has 5 heteroatoms. The van der Waals surface area contributed by atoms with Crippen molar-refractivity contribution in [3.63, 3.8) is 0 Å². The molecule has 2 heterocycles. The van der Waals surface area contributed by atoms with Crippen LogP contribution >= 0.6 is 0 Å². The first-order valence-electron chi connectivity index (χ1n) is 9.05. The van der Waals surface area contributed by atoms with E-state index in [1.165, 1.54) is 5.56 Å². The summed E-state index contributed by atoms with van der Waals surface area (Å²) in [6.07, 6.45) is 1.07. The molecule has 1 N–H and O–H groups in total. The second kappa shape index (κ2) is 6.30. The smallest absolute Gasteiger partial charge is 0.219 e. The summed E-state index contributed by atoms with van der Waals surface area (Å²) in [5.41, 5.74) is 4.47. The molecule has 0 bridgehead atoms. The van der Waals surface area contributed by atoms with Gasteiger partial charge in [0.05, 0.1) is 5.69 Å². The van der Waals surface area contributed by atoms with Gasteiger partial charge in [0, 0.05) is 50.0 Å². The number of carbonyl (C=O) groups is 1. The lowest BCUT2D eigenvalue weighted by Gasteiger charge is -2.33. The van der Waals surface area contributed by atoms with Crippen molar-refractivity contribution in [2.75, 3.05) is 19.6 Å². The van der Waals surface area contributed by atoms with E-state index in [1.54, 1.807) is 6.92 Å². The lowest BCUT2D eigenvalue weighted by Crippen LogP contribution is -2.49. The van der Waals surface area contributed by atoms with Gasteiger partial charge in [0.25, 0.3) is 0 Å². The maximum Gasteiger partial charge on any atom is 0.219 e. The summed E-state index contributed by atoms with van der Waals surface area (Å²) >= 11 is 0. The summed E-state index contributed by atoms with van der Waals surface area (Å²) in [5, 5.41) is 7.32. The molecule has 2 aliphatic rings. The first-order valence-corrected chi connectivity index (χ1v) is 9.05. The van der Waals surface area contributed by atoms with E-state index in [0.717, 1.165) is 48.6 Å². The number of nitrogens with zero attached hydrogens (tertiary/aromatic N) is 2. The highest BCUT2D eigenvalue weighted by Crippen LogP contribution is 2.45. The number of aryl methyl sites for hydroxylation is 2. The SMILES string of the molecule is CC(=O)N(CC1CNC1)C1CC1c1ccc(-c2c(C)noc2C)cc1. The molecule has 2 atom stereocenters. The van der Waals surface area contributed by atoms with E-state index in [-0.39, 0.29) is 5.91 Å². The Hall–Kier alpha value is -2.14. The molecule has 5 nitrogen and oxygen atoms in total. The molecule has 0 spiro atoms. The van der Waals surface area contributed by atoms with Crippen LogP contribution in [-0.4, -0.2) is 41.6 Å². The molecule has 1 saturated carbocycles. The minimum atomic E-state index is 0.201. The van der Waals surface area contributed by atoms with Crippen molar-refractivity contribution in [1.29, 1.82) is 0 Å². The number of carbonyl (C=O) groups excluding carboxylic acids is 1. The van der Waals surface area contributed by atoms with E-state index >= 15 is 0 Å². The Labute approximate surface area is 148 Å². The molecule has 1 saturated heterocycles. The van der Waals surface area contributed by atoms with Crippen LogP contribution in [0.3, 0.4) is 0 Å². The number of aromatic nitrogens is 1.